The van der Waals surface area contributed by atoms with Crippen LogP contribution in [-0.4, -0.2) is 89.0 Å². The summed E-state index contributed by atoms with van der Waals surface area (Å²) in [6.45, 7) is -1.19. The van der Waals surface area contributed by atoms with Gasteiger partial charge in [0.1, 0.15) is 23.8 Å². The van der Waals surface area contributed by atoms with Crippen molar-refractivity contribution < 1.29 is 76.1 Å². The summed E-state index contributed by atoms with van der Waals surface area (Å²) >= 11 is 0. The molecule has 2 aromatic heterocycles. The molecule has 1 aliphatic heterocycles. The Bertz CT molecular complexity index is 1860. The van der Waals surface area contributed by atoms with Crippen LogP contribution in [0.4, 0.5) is 22.9 Å². The van der Waals surface area contributed by atoms with Crippen molar-refractivity contribution in [2.75, 3.05) is 12.3 Å². The summed E-state index contributed by atoms with van der Waals surface area (Å²) < 4.78 is 52.1. The minimum absolute atomic E-state index is 0.266. The van der Waals surface area contributed by atoms with E-state index in [4.69, 9.17) is 20.3 Å². The molecule has 6 atom stereocenters. The lowest BCUT2D eigenvalue weighted by molar-refractivity contribution is -0.402. The molecule has 0 aliphatic carbocycles. The Morgan fingerprint density at radius 1 is 0.913 bits per heavy atom. The lowest BCUT2D eigenvalue weighted by Gasteiger charge is -2.19. The molecular formula is C16H17N8O19P3. The van der Waals surface area contributed by atoms with Gasteiger partial charge < -0.3 is 40.3 Å². The number of aromatic nitrogens is 4. The fourth-order valence-corrected chi connectivity index (χ4v) is 7.05. The first kappa shape index (κ1) is 34.9. The van der Waals surface area contributed by atoms with Gasteiger partial charge in [0, 0.05) is 0 Å². The van der Waals surface area contributed by atoms with Gasteiger partial charge in [-0.2, -0.15) is 8.62 Å². The molecule has 27 nitrogen and oxygen atoms in total. The number of benzene rings is 1. The van der Waals surface area contributed by atoms with Gasteiger partial charge in [0.05, 0.1) is 39.8 Å². The standard InChI is InChI=1S/C16H17N8O19P3/c17-13-10-15(20-14(19-13)9-6(23(29)30)1-5(22(27)28)2-7(9)24(31)32)21(4-18-10)16-12(26)11(25)8(41-16)3-40-45(36,37)43-46(38,39)42-44(33,34)35/h1-2,4,8,11-12,16,25-26H,3H2,(H,36,37)(H,38,39)(H2,17,19,20)(H2,33,34,35)/t8-,11?,12?,16-/m1/s1. The minimum atomic E-state index is -5.88. The van der Waals surface area contributed by atoms with Gasteiger partial charge in [-0.3, -0.25) is 39.4 Å². The summed E-state index contributed by atoms with van der Waals surface area (Å²) in [7, 11) is -17.2. The minimum Gasteiger partial charge on any atom is -0.387 e. The van der Waals surface area contributed by atoms with Crippen molar-refractivity contribution in [2.45, 2.75) is 24.5 Å². The second-order valence-electron chi connectivity index (χ2n) is 8.82. The number of nitrogens with two attached hydrogens (primary N) is 1. The van der Waals surface area contributed by atoms with Crippen LogP contribution in [0.15, 0.2) is 18.5 Å². The largest absolute Gasteiger partial charge is 0.490 e. The number of phosphoric acid groups is 3. The van der Waals surface area contributed by atoms with Gasteiger partial charge in [0.25, 0.3) is 17.1 Å². The van der Waals surface area contributed by atoms with Crippen molar-refractivity contribution in [3.63, 3.8) is 0 Å². The van der Waals surface area contributed by atoms with Crippen molar-refractivity contribution in [3.8, 4) is 11.4 Å². The first-order valence-corrected chi connectivity index (χ1v) is 16.0. The average Bonchev–Trinajstić information content (AvgIpc) is 3.45. The number of non-ortho nitro benzene ring substituents is 1. The number of anilines is 1. The predicted molar refractivity (Wildman–Crippen MR) is 141 cm³/mol. The van der Waals surface area contributed by atoms with E-state index < -0.39 is 109 Å². The van der Waals surface area contributed by atoms with Crippen LogP contribution >= 0.6 is 23.5 Å². The van der Waals surface area contributed by atoms with Crippen molar-refractivity contribution in [3.05, 3.63) is 48.8 Å². The van der Waals surface area contributed by atoms with Gasteiger partial charge in [0.2, 0.25) is 0 Å². The lowest BCUT2D eigenvalue weighted by atomic mass is 10.1. The molecule has 30 heteroatoms. The van der Waals surface area contributed by atoms with E-state index >= 15 is 0 Å². The number of fused-ring (bicyclic) bond motifs is 1. The number of ether oxygens (including phenoxy) is 1. The maximum Gasteiger partial charge on any atom is 0.490 e. The molecule has 4 rings (SSSR count). The Morgan fingerprint density at radius 2 is 1.50 bits per heavy atom. The van der Waals surface area contributed by atoms with Crippen LogP contribution in [0.5, 0.6) is 0 Å². The molecule has 46 heavy (non-hydrogen) atoms. The Morgan fingerprint density at radius 3 is 2.02 bits per heavy atom. The van der Waals surface area contributed by atoms with Crippen molar-refractivity contribution >= 4 is 57.5 Å². The van der Waals surface area contributed by atoms with E-state index in [0.717, 1.165) is 10.9 Å². The number of rotatable bonds is 12. The molecule has 250 valence electrons. The molecule has 0 bridgehead atoms. The summed E-state index contributed by atoms with van der Waals surface area (Å²) in [5, 5.41) is 55.8. The number of nitro benzene ring substituents is 3. The zero-order chi connectivity index (χ0) is 34.5. The van der Waals surface area contributed by atoms with Gasteiger partial charge in [-0.15, -0.1) is 0 Å². The number of nitrogens with zero attached hydrogens (tertiary/aromatic N) is 7. The fraction of sp³-hybridized carbons (Fsp3) is 0.312. The highest BCUT2D eigenvalue weighted by atomic mass is 31.3. The predicted octanol–water partition coefficient (Wildman–Crippen LogP) is -0.237. The summed E-state index contributed by atoms with van der Waals surface area (Å²) in [6.07, 6.45) is -6.49. The number of imidazole rings is 1. The van der Waals surface area contributed by atoms with Crippen LogP contribution in [0.25, 0.3) is 22.6 Å². The SMILES string of the molecule is Nc1nc(-c2c([N+](=O)[O-])cc([N+](=O)[O-])cc2[N+](=O)[O-])nc2c1ncn2[C@@H]1O[C@H](COP(=O)(O)OP(=O)(O)OP(=O)(O)O)C(O)C1O. The fourth-order valence-electron chi connectivity index (χ4n) is 4.02. The lowest BCUT2D eigenvalue weighted by Crippen LogP contribution is -2.33. The summed E-state index contributed by atoms with van der Waals surface area (Å²) in [6, 6.07) is 0.845. The third-order valence-electron chi connectivity index (χ3n) is 5.79. The van der Waals surface area contributed by atoms with Crippen molar-refractivity contribution in [1.29, 1.82) is 0 Å². The molecule has 1 aromatic carbocycles. The number of phosphoric ester groups is 1. The van der Waals surface area contributed by atoms with Crippen molar-refractivity contribution in [2.24, 2.45) is 0 Å². The number of hydrogen-bond acceptors (Lipinski definition) is 19. The third kappa shape index (κ3) is 7.37. The normalized spacial score (nSPS) is 22.7. The van der Waals surface area contributed by atoms with Crippen LogP contribution in [0.3, 0.4) is 0 Å². The molecule has 0 saturated carbocycles. The van der Waals surface area contributed by atoms with E-state index in [1.54, 1.807) is 0 Å². The Hall–Kier alpha value is -3.94. The molecule has 1 fully saturated rings. The van der Waals surface area contributed by atoms with Crippen LogP contribution in [-0.2, 0) is 31.6 Å². The molecule has 4 unspecified atom stereocenters. The Labute approximate surface area is 250 Å². The van der Waals surface area contributed by atoms with Gasteiger partial charge in [-0.25, -0.2) is 28.6 Å². The molecular weight excluding hydrogens is 701 g/mol. The highest BCUT2D eigenvalue weighted by molar-refractivity contribution is 7.66. The van der Waals surface area contributed by atoms with Crippen LogP contribution < -0.4 is 5.73 Å². The zero-order valence-corrected chi connectivity index (χ0v) is 24.5. The van der Waals surface area contributed by atoms with E-state index in [9.17, 15) is 64.0 Å². The number of nitro groups is 3. The highest BCUT2D eigenvalue weighted by Gasteiger charge is 2.47. The first-order chi connectivity index (χ1) is 21.1. The second-order valence-corrected chi connectivity index (χ2v) is 13.2. The molecule has 1 aliphatic rings. The topological polar surface area (TPSA) is 409 Å². The molecule has 0 spiro atoms. The molecule has 0 radical (unpaired) electrons. The quantitative estimate of drug-likeness (QED) is 0.0721. The molecule has 1 saturated heterocycles. The van der Waals surface area contributed by atoms with Crippen LogP contribution in [0, 0.1) is 30.3 Å². The van der Waals surface area contributed by atoms with Crippen LogP contribution in [0.2, 0.25) is 0 Å². The maximum absolute atomic E-state index is 12.0. The number of aliphatic hydroxyl groups excluding tert-OH is 2. The van der Waals surface area contributed by atoms with E-state index in [1.807, 2.05) is 0 Å². The van der Waals surface area contributed by atoms with Gasteiger partial charge in [0.15, 0.2) is 29.1 Å². The zero-order valence-electron chi connectivity index (χ0n) is 21.8. The molecule has 0 amide bonds. The summed E-state index contributed by atoms with van der Waals surface area (Å²) in [4.78, 5) is 79.1. The monoisotopic (exact) mass is 718 g/mol. The number of aliphatic hydroxyl groups is 2. The molecule has 8 N–H and O–H groups in total. The summed E-state index contributed by atoms with van der Waals surface area (Å²) in [5.74, 6) is -1.32. The number of hydrogen-bond donors (Lipinski definition) is 7. The summed E-state index contributed by atoms with van der Waals surface area (Å²) in [5.41, 5.74) is 1.00. The van der Waals surface area contributed by atoms with E-state index in [-0.39, 0.29) is 5.52 Å². The molecule has 3 heterocycles. The second kappa shape index (κ2) is 12.3. The third-order valence-corrected chi connectivity index (χ3v) is 9.59. The van der Waals surface area contributed by atoms with Crippen molar-refractivity contribution in [1.82, 2.24) is 19.5 Å². The average molecular weight is 718 g/mol. The van der Waals surface area contributed by atoms with E-state index in [2.05, 4.69) is 28.1 Å². The molecule has 3 aromatic rings. The van der Waals surface area contributed by atoms with E-state index in [0.29, 0.717) is 12.1 Å². The highest BCUT2D eigenvalue weighted by Crippen LogP contribution is 2.66. The maximum atomic E-state index is 12.0. The smallest absolute Gasteiger partial charge is 0.387 e. The Balaban J connectivity index is 1.68. The Kier molecular flexibility index (Phi) is 9.37. The van der Waals surface area contributed by atoms with Crippen LogP contribution in [0.1, 0.15) is 6.23 Å². The van der Waals surface area contributed by atoms with Gasteiger partial charge in [-0.1, -0.05) is 0 Å². The van der Waals surface area contributed by atoms with E-state index in [1.165, 1.54) is 0 Å². The first-order valence-electron chi connectivity index (χ1n) is 11.5. The van der Waals surface area contributed by atoms with Gasteiger partial charge in [-0.05, 0) is 0 Å². The van der Waals surface area contributed by atoms with Gasteiger partial charge >= 0.3 is 23.5 Å². The number of nitrogen functional groups attached to an aromatic ring is 1.